The quantitative estimate of drug-likeness (QED) is 0.876. The first kappa shape index (κ1) is 12.3. The Morgan fingerprint density at radius 2 is 2.06 bits per heavy atom. The van der Waals surface area contributed by atoms with Crippen molar-refractivity contribution in [1.29, 1.82) is 0 Å². The zero-order valence-electron chi connectivity index (χ0n) is 10.0. The molecule has 1 saturated carbocycles. The van der Waals surface area contributed by atoms with Crippen LogP contribution in [0, 0.1) is 17.0 Å². The van der Waals surface area contributed by atoms with Crippen LogP contribution in [0.2, 0.25) is 0 Å². The van der Waals surface area contributed by atoms with E-state index in [4.69, 9.17) is 5.73 Å². The molecule has 1 aliphatic carbocycles. The minimum Gasteiger partial charge on any atom is -0.372 e. The number of hydrogen-bond acceptors (Lipinski definition) is 2. The van der Waals surface area contributed by atoms with E-state index in [0.29, 0.717) is 18.8 Å². The number of nitrogens with zero attached hydrogens (tertiary/aromatic N) is 1. The van der Waals surface area contributed by atoms with Crippen molar-refractivity contribution in [3.05, 3.63) is 29.8 Å². The molecule has 0 bridgehead atoms. The van der Waals surface area contributed by atoms with Crippen LogP contribution in [-0.2, 0) is 0 Å². The normalized spacial score (nSPS) is 17.6. The molecular weight excluding hydrogens is 222 g/mol. The van der Waals surface area contributed by atoms with Crippen LogP contribution in [0.15, 0.2) is 18.2 Å². The van der Waals surface area contributed by atoms with Gasteiger partial charge in [-0.05, 0) is 31.5 Å². The van der Waals surface area contributed by atoms with Crippen molar-refractivity contribution in [2.75, 3.05) is 25.0 Å². The van der Waals surface area contributed by atoms with Crippen LogP contribution in [-0.4, -0.2) is 20.1 Å². The van der Waals surface area contributed by atoms with Gasteiger partial charge in [0, 0.05) is 25.1 Å². The summed E-state index contributed by atoms with van der Waals surface area (Å²) >= 11 is 0. The second kappa shape index (κ2) is 4.61. The Balaban J connectivity index is 2.13. The van der Waals surface area contributed by atoms with Crippen molar-refractivity contribution < 1.29 is 8.78 Å². The summed E-state index contributed by atoms with van der Waals surface area (Å²) < 4.78 is 26.7. The molecule has 1 aromatic carbocycles. The zero-order chi connectivity index (χ0) is 12.5. The van der Waals surface area contributed by atoms with Gasteiger partial charge in [-0.15, -0.1) is 0 Å². The van der Waals surface area contributed by atoms with Gasteiger partial charge in [0.05, 0.1) is 5.69 Å². The summed E-state index contributed by atoms with van der Waals surface area (Å²) in [6.45, 7) is 1.29. The molecule has 0 atom stereocenters. The first-order valence-corrected chi connectivity index (χ1v) is 5.93. The lowest BCUT2D eigenvalue weighted by Gasteiger charge is -2.44. The summed E-state index contributed by atoms with van der Waals surface area (Å²) in [6, 6.07) is 3.53. The molecule has 0 amide bonds. The number of benzene rings is 1. The monoisotopic (exact) mass is 240 g/mol. The highest BCUT2D eigenvalue weighted by molar-refractivity contribution is 5.47. The summed E-state index contributed by atoms with van der Waals surface area (Å²) in [4.78, 5) is 1.77. The van der Waals surface area contributed by atoms with Crippen LogP contribution < -0.4 is 10.6 Å². The highest BCUT2D eigenvalue weighted by Gasteiger charge is 2.36. The first-order valence-electron chi connectivity index (χ1n) is 5.93. The fourth-order valence-electron chi connectivity index (χ4n) is 2.47. The van der Waals surface area contributed by atoms with E-state index in [0.717, 1.165) is 25.0 Å². The highest BCUT2D eigenvalue weighted by Crippen LogP contribution is 2.41. The number of halogens is 2. The molecule has 1 fully saturated rings. The van der Waals surface area contributed by atoms with Crippen LogP contribution >= 0.6 is 0 Å². The highest BCUT2D eigenvalue weighted by atomic mass is 19.1. The second-order valence-corrected chi connectivity index (χ2v) is 5.01. The third-order valence-corrected chi connectivity index (χ3v) is 3.74. The maximum absolute atomic E-state index is 13.6. The van der Waals surface area contributed by atoms with Crippen molar-refractivity contribution in [1.82, 2.24) is 0 Å². The largest absolute Gasteiger partial charge is 0.372 e. The van der Waals surface area contributed by atoms with E-state index >= 15 is 0 Å². The standard InChI is InChI=1S/C13H18F2N2/c1-17(9-13(8-16)5-2-6-13)12-7-10(14)3-4-11(12)15/h3-4,7H,2,5-6,8-9,16H2,1H3. The molecule has 0 spiro atoms. The molecule has 2 rings (SSSR count). The predicted molar refractivity (Wildman–Crippen MR) is 65.0 cm³/mol. The number of anilines is 1. The van der Waals surface area contributed by atoms with E-state index in [9.17, 15) is 8.78 Å². The van der Waals surface area contributed by atoms with Gasteiger partial charge in [-0.1, -0.05) is 6.42 Å². The molecule has 94 valence electrons. The summed E-state index contributed by atoms with van der Waals surface area (Å²) in [6.07, 6.45) is 3.33. The first-order chi connectivity index (χ1) is 8.06. The number of rotatable bonds is 4. The number of nitrogens with two attached hydrogens (primary N) is 1. The summed E-state index contributed by atoms with van der Waals surface area (Å²) in [5.41, 5.74) is 6.17. The Hall–Kier alpha value is -1.16. The maximum atomic E-state index is 13.6. The Kier molecular flexibility index (Phi) is 3.33. The molecule has 0 radical (unpaired) electrons. The van der Waals surface area contributed by atoms with E-state index in [2.05, 4.69) is 0 Å². The summed E-state index contributed by atoms with van der Waals surface area (Å²) in [5.74, 6) is -0.802. The lowest BCUT2D eigenvalue weighted by Crippen LogP contribution is -2.46. The third-order valence-electron chi connectivity index (χ3n) is 3.74. The lowest BCUT2D eigenvalue weighted by molar-refractivity contribution is 0.154. The summed E-state index contributed by atoms with van der Waals surface area (Å²) in [7, 11) is 1.79. The van der Waals surface area contributed by atoms with Crippen molar-refractivity contribution in [2.45, 2.75) is 19.3 Å². The van der Waals surface area contributed by atoms with Crippen LogP contribution in [0.3, 0.4) is 0 Å². The van der Waals surface area contributed by atoms with Gasteiger partial charge in [-0.3, -0.25) is 0 Å². The molecule has 0 saturated heterocycles. The average Bonchev–Trinajstić information content (AvgIpc) is 2.26. The Labute approximate surface area is 100 Å². The van der Waals surface area contributed by atoms with Gasteiger partial charge in [-0.2, -0.15) is 0 Å². The zero-order valence-corrected chi connectivity index (χ0v) is 10.0. The molecule has 1 aromatic rings. The third kappa shape index (κ3) is 2.41. The van der Waals surface area contributed by atoms with Crippen LogP contribution in [0.5, 0.6) is 0 Å². The van der Waals surface area contributed by atoms with Gasteiger partial charge in [-0.25, -0.2) is 8.78 Å². The second-order valence-electron chi connectivity index (χ2n) is 5.01. The topological polar surface area (TPSA) is 29.3 Å². The van der Waals surface area contributed by atoms with Crippen molar-refractivity contribution in [3.63, 3.8) is 0 Å². The van der Waals surface area contributed by atoms with Crippen molar-refractivity contribution >= 4 is 5.69 Å². The van der Waals surface area contributed by atoms with E-state index < -0.39 is 5.82 Å². The fourth-order valence-corrected chi connectivity index (χ4v) is 2.47. The lowest BCUT2D eigenvalue weighted by atomic mass is 9.68. The van der Waals surface area contributed by atoms with Gasteiger partial charge >= 0.3 is 0 Å². The van der Waals surface area contributed by atoms with Crippen LogP contribution in [0.4, 0.5) is 14.5 Å². The number of hydrogen-bond donors (Lipinski definition) is 1. The molecule has 0 unspecified atom stereocenters. The minimum atomic E-state index is -0.413. The minimum absolute atomic E-state index is 0.0908. The molecule has 2 nitrogen and oxygen atoms in total. The molecule has 0 aliphatic heterocycles. The Bertz CT molecular complexity index is 397. The van der Waals surface area contributed by atoms with Crippen LogP contribution in [0.1, 0.15) is 19.3 Å². The molecule has 4 heteroatoms. The van der Waals surface area contributed by atoms with Gasteiger partial charge in [0.2, 0.25) is 0 Å². The SMILES string of the molecule is CN(CC1(CN)CCC1)c1cc(F)ccc1F. The van der Waals surface area contributed by atoms with Crippen molar-refractivity contribution in [3.8, 4) is 0 Å². The molecular formula is C13H18F2N2. The van der Waals surface area contributed by atoms with Gasteiger partial charge in [0.15, 0.2) is 0 Å². The molecule has 2 N–H and O–H groups in total. The van der Waals surface area contributed by atoms with Gasteiger partial charge < -0.3 is 10.6 Å². The smallest absolute Gasteiger partial charge is 0.146 e. The average molecular weight is 240 g/mol. The van der Waals surface area contributed by atoms with E-state index in [1.54, 1.807) is 11.9 Å². The molecule has 17 heavy (non-hydrogen) atoms. The van der Waals surface area contributed by atoms with Crippen LogP contribution in [0.25, 0.3) is 0 Å². The predicted octanol–water partition coefficient (Wildman–Crippen LogP) is 2.53. The maximum Gasteiger partial charge on any atom is 0.146 e. The Morgan fingerprint density at radius 3 is 2.59 bits per heavy atom. The molecule has 0 heterocycles. The van der Waals surface area contributed by atoms with E-state index in [-0.39, 0.29) is 11.2 Å². The molecule has 0 aromatic heterocycles. The van der Waals surface area contributed by atoms with E-state index in [1.165, 1.54) is 12.5 Å². The van der Waals surface area contributed by atoms with Gasteiger partial charge in [0.1, 0.15) is 11.6 Å². The molecule has 1 aliphatic rings. The fraction of sp³-hybridized carbons (Fsp3) is 0.538. The van der Waals surface area contributed by atoms with Crippen molar-refractivity contribution in [2.24, 2.45) is 11.1 Å². The van der Waals surface area contributed by atoms with E-state index in [1.807, 2.05) is 0 Å². The summed E-state index contributed by atoms with van der Waals surface area (Å²) in [5, 5.41) is 0. The Morgan fingerprint density at radius 1 is 1.35 bits per heavy atom. The van der Waals surface area contributed by atoms with Gasteiger partial charge in [0.25, 0.3) is 0 Å².